The summed E-state index contributed by atoms with van der Waals surface area (Å²) in [6.07, 6.45) is 4.95. The molecule has 1 aliphatic carbocycles. The van der Waals surface area contributed by atoms with Crippen LogP contribution >= 0.6 is 0 Å². The number of nitrogens with one attached hydrogen (secondary N) is 1. The highest BCUT2D eigenvalue weighted by Crippen LogP contribution is 2.34. The third kappa shape index (κ3) is 4.28. The van der Waals surface area contributed by atoms with E-state index in [9.17, 15) is 8.42 Å². The van der Waals surface area contributed by atoms with Gasteiger partial charge in [0, 0.05) is 12.6 Å². The molecule has 0 bridgehead atoms. The van der Waals surface area contributed by atoms with Crippen LogP contribution in [0.4, 0.5) is 0 Å². The Morgan fingerprint density at radius 1 is 1.33 bits per heavy atom. The van der Waals surface area contributed by atoms with Gasteiger partial charge in [-0.25, -0.2) is 13.1 Å². The number of benzene rings is 1. The fourth-order valence-corrected chi connectivity index (χ4v) is 4.30. The maximum atomic E-state index is 12.7. The second kappa shape index (κ2) is 6.90. The summed E-state index contributed by atoms with van der Waals surface area (Å²) in [5.41, 5.74) is 7.34. The molecule has 118 valence electrons. The molecule has 5 heteroatoms. The summed E-state index contributed by atoms with van der Waals surface area (Å²) >= 11 is 0. The zero-order valence-electron chi connectivity index (χ0n) is 12.9. The molecule has 1 saturated carbocycles. The van der Waals surface area contributed by atoms with Gasteiger partial charge in [-0.1, -0.05) is 38.8 Å². The van der Waals surface area contributed by atoms with E-state index in [4.69, 9.17) is 5.73 Å². The van der Waals surface area contributed by atoms with Crippen LogP contribution in [0, 0.1) is 5.92 Å². The van der Waals surface area contributed by atoms with E-state index in [1.54, 1.807) is 6.07 Å². The monoisotopic (exact) mass is 310 g/mol. The molecule has 1 aromatic carbocycles. The minimum atomic E-state index is -3.47. The third-order valence-electron chi connectivity index (χ3n) is 4.17. The molecule has 0 aliphatic heterocycles. The van der Waals surface area contributed by atoms with Crippen molar-refractivity contribution < 1.29 is 8.42 Å². The van der Waals surface area contributed by atoms with Crippen molar-refractivity contribution in [3.63, 3.8) is 0 Å². The van der Waals surface area contributed by atoms with Gasteiger partial charge in [-0.3, -0.25) is 0 Å². The Bertz CT molecular complexity index is 580. The Labute approximate surface area is 128 Å². The van der Waals surface area contributed by atoms with Crippen LogP contribution in [0.25, 0.3) is 0 Å². The van der Waals surface area contributed by atoms with E-state index in [2.05, 4.69) is 4.72 Å². The molecule has 1 aliphatic rings. The lowest BCUT2D eigenvalue weighted by Gasteiger charge is -2.18. The van der Waals surface area contributed by atoms with Crippen LogP contribution < -0.4 is 10.5 Å². The van der Waals surface area contributed by atoms with Gasteiger partial charge in [-0.2, -0.15) is 0 Å². The summed E-state index contributed by atoms with van der Waals surface area (Å²) in [6, 6.07) is 5.52. The van der Waals surface area contributed by atoms with Gasteiger partial charge < -0.3 is 5.73 Å². The zero-order chi connectivity index (χ0) is 15.5. The first kappa shape index (κ1) is 16.5. The molecule has 0 radical (unpaired) electrons. The van der Waals surface area contributed by atoms with Gasteiger partial charge in [0.1, 0.15) is 0 Å². The predicted octanol–water partition coefficient (Wildman–Crippen LogP) is 2.56. The summed E-state index contributed by atoms with van der Waals surface area (Å²) in [7, 11) is -3.47. The molecule has 0 spiro atoms. The fraction of sp³-hybridized carbons (Fsp3) is 0.625. The van der Waals surface area contributed by atoms with Gasteiger partial charge >= 0.3 is 0 Å². The van der Waals surface area contributed by atoms with Gasteiger partial charge in [0.05, 0.1) is 4.90 Å². The SMILES string of the molecule is CCc1ccc(CN)cc1S(=O)(=O)NC(CC)CC1CC1. The molecule has 1 fully saturated rings. The van der Waals surface area contributed by atoms with Crippen LogP contribution in [-0.4, -0.2) is 14.5 Å². The number of sulfonamides is 1. The lowest BCUT2D eigenvalue weighted by atomic mass is 10.1. The summed E-state index contributed by atoms with van der Waals surface area (Å²) in [5, 5.41) is 0. The van der Waals surface area contributed by atoms with Crippen LogP contribution in [0.2, 0.25) is 0 Å². The lowest BCUT2D eigenvalue weighted by molar-refractivity contribution is 0.495. The summed E-state index contributed by atoms with van der Waals surface area (Å²) < 4.78 is 28.3. The first-order valence-corrected chi connectivity index (χ1v) is 9.32. The average molecular weight is 310 g/mol. The first-order chi connectivity index (χ1) is 10.00. The second-order valence-corrected chi connectivity index (χ2v) is 7.59. The van der Waals surface area contributed by atoms with Gasteiger partial charge in [0.2, 0.25) is 10.0 Å². The first-order valence-electron chi connectivity index (χ1n) is 7.84. The van der Waals surface area contributed by atoms with Gasteiger partial charge in [-0.15, -0.1) is 0 Å². The highest BCUT2D eigenvalue weighted by atomic mass is 32.2. The molecule has 4 nitrogen and oxygen atoms in total. The summed E-state index contributed by atoms with van der Waals surface area (Å²) in [4.78, 5) is 0.391. The van der Waals surface area contributed by atoms with Crippen molar-refractivity contribution in [2.24, 2.45) is 11.7 Å². The molecular weight excluding hydrogens is 284 g/mol. The van der Waals surface area contributed by atoms with E-state index >= 15 is 0 Å². The molecule has 0 saturated heterocycles. The van der Waals surface area contributed by atoms with E-state index in [0.717, 1.165) is 24.0 Å². The Kier molecular flexibility index (Phi) is 5.41. The van der Waals surface area contributed by atoms with Crippen molar-refractivity contribution in [3.8, 4) is 0 Å². The maximum absolute atomic E-state index is 12.7. The minimum absolute atomic E-state index is 0.0359. The summed E-state index contributed by atoms with van der Waals surface area (Å²) in [5.74, 6) is 0.707. The van der Waals surface area contributed by atoms with Crippen molar-refractivity contribution in [2.45, 2.75) is 63.4 Å². The van der Waals surface area contributed by atoms with E-state index in [-0.39, 0.29) is 6.04 Å². The van der Waals surface area contributed by atoms with E-state index in [1.165, 1.54) is 12.8 Å². The highest BCUT2D eigenvalue weighted by Gasteiger charge is 2.28. The topological polar surface area (TPSA) is 72.2 Å². The van der Waals surface area contributed by atoms with Crippen molar-refractivity contribution in [3.05, 3.63) is 29.3 Å². The average Bonchev–Trinajstić information content (AvgIpc) is 3.29. The Morgan fingerprint density at radius 3 is 2.57 bits per heavy atom. The quantitative estimate of drug-likeness (QED) is 0.775. The second-order valence-electron chi connectivity index (χ2n) is 5.91. The van der Waals surface area contributed by atoms with Gasteiger partial charge in [-0.05, 0) is 42.4 Å². The highest BCUT2D eigenvalue weighted by molar-refractivity contribution is 7.89. The predicted molar refractivity (Wildman–Crippen MR) is 85.5 cm³/mol. The molecule has 2 rings (SSSR count). The number of rotatable bonds is 8. The number of hydrogen-bond donors (Lipinski definition) is 2. The Hall–Kier alpha value is -0.910. The smallest absolute Gasteiger partial charge is 0.241 e. The van der Waals surface area contributed by atoms with E-state index < -0.39 is 10.0 Å². The molecule has 21 heavy (non-hydrogen) atoms. The molecule has 1 unspecified atom stereocenters. The molecule has 0 heterocycles. The van der Waals surface area contributed by atoms with Crippen molar-refractivity contribution in [2.75, 3.05) is 0 Å². The maximum Gasteiger partial charge on any atom is 0.241 e. The Balaban J connectivity index is 2.24. The zero-order valence-corrected chi connectivity index (χ0v) is 13.7. The van der Waals surface area contributed by atoms with Crippen LogP contribution in [0.15, 0.2) is 23.1 Å². The van der Waals surface area contributed by atoms with Crippen LogP contribution in [0.5, 0.6) is 0 Å². The molecule has 1 aromatic rings. The van der Waals surface area contributed by atoms with Crippen molar-refractivity contribution >= 4 is 10.0 Å². The van der Waals surface area contributed by atoms with Gasteiger partial charge in [0.15, 0.2) is 0 Å². The number of hydrogen-bond acceptors (Lipinski definition) is 3. The molecular formula is C16H26N2O2S. The molecule has 0 amide bonds. The molecule has 0 aromatic heterocycles. The van der Waals surface area contributed by atoms with Crippen LogP contribution in [0.3, 0.4) is 0 Å². The van der Waals surface area contributed by atoms with E-state index in [0.29, 0.717) is 23.8 Å². The molecule has 1 atom stereocenters. The largest absolute Gasteiger partial charge is 0.326 e. The van der Waals surface area contributed by atoms with E-state index in [1.807, 2.05) is 26.0 Å². The van der Waals surface area contributed by atoms with Crippen LogP contribution in [0.1, 0.15) is 50.7 Å². The van der Waals surface area contributed by atoms with Crippen LogP contribution in [-0.2, 0) is 23.0 Å². The third-order valence-corrected chi connectivity index (χ3v) is 5.77. The normalized spacial score (nSPS) is 16.9. The van der Waals surface area contributed by atoms with Crippen molar-refractivity contribution in [1.82, 2.24) is 4.72 Å². The summed E-state index contributed by atoms with van der Waals surface area (Å²) in [6.45, 7) is 4.36. The molecule has 3 N–H and O–H groups in total. The number of aryl methyl sites for hydroxylation is 1. The minimum Gasteiger partial charge on any atom is -0.326 e. The van der Waals surface area contributed by atoms with Crippen molar-refractivity contribution in [1.29, 1.82) is 0 Å². The fourth-order valence-electron chi connectivity index (χ4n) is 2.61. The lowest BCUT2D eigenvalue weighted by Crippen LogP contribution is -2.35. The Morgan fingerprint density at radius 2 is 2.05 bits per heavy atom. The van der Waals surface area contributed by atoms with Gasteiger partial charge in [0.25, 0.3) is 0 Å². The number of nitrogens with two attached hydrogens (primary N) is 1. The standard InChI is InChI=1S/C16H26N2O2S/c1-3-14-8-7-13(11-17)10-16(14)21(19,20)18-15(4-2)9-12-5-6-12/h7-8,10,12,15,18H,3-6,9,11,17H2,1-2H3.